The second kappa shape index (κ2) is 28.2. The lowest BCUT2D eigenvalue weighted by atomic mass is 10.0. The van der Waals surface area contributed by atoms with Crippen LogP contribution in [0.4, 0.5) is 0 Å². The molecule has 3 heterocycles. The van der Waals surface area contributed by atoms with Crippen molar-refractivity contribution < 1.29 is 67.7 Å². The Morgan fingerprint density at radius 2 is 1.40 bits per heavy atom. The number of benzene rings is 1. The highest BCUT2D eigenvalue weighted by Gasteiger charge is 2.37. The number of aromatic amines is 1. The fraction of sp³-hybridized carbons (Fsp3) is 0.556. The van der Waals surface area contributed by atoms with Crippen molar-refractivity contribution in [2.75, 3.05) is 39.3 Å². The van der Waals surface area contributed by atoms with Gasteiger partial charge >= 0.3 is 11.9 Å². The van der Waals surface area contributed by atoms with Gasteiger partial charge in [0.05, 0.1) is 32.1 Å². The van der Waals surface area contributed by atoms with Crippen LogP contribution in [0.5, 0.6) is 0 Å². The van der Waals surface area contributed by atoms with Crippen molar-refractivity contribution in [3.8, 4) is 0 Å². The number of unbranched alkanes of at least 4 members (excludes halogenated alkanes) is 1. The number of carbonyl (C=O) groups is 12. The molecule has 0 spiro atoms. The first-order chi connectivity index (χ1) is 34.3. The van der Waals surface area contributed by atoms with Crippen LogP contribution < -0.4 is 59.3 Å². The molecule has 1 aromatic carbocycles. The van der Waals surface area contributed by atoms with Crippen LogP contribution in [0.1, 0.15) is 76.7 Å². The van der Waals surface area contributed by atoms with Crippen molar-refractivity contribution >= 4 is 81.9 Å². The van der Waals surface area contributed by atoms with Crippen LogP contribution in [-0.2, 0) is 64.0 Å². The highest BCUT2D eigenvalue weighted by molar-refractivity contribution is 5.98. The lowest BCUT2D eigenvalue weighted by molar-refractivity contribution is -0.144. The Labute approximate surface area is 413 Å². The zero-order chi connectivity index (χ0) is 52.9. The maximum Gasteiger partial charge on any atom is 0.326 e. The SMILES string of the molecule is C[C@H](NC(=O)CNC(=O)[C@H](Cc1c[nH]c2ccccc12)NC(=O)[C@H](CC(=O)O)NC(=O)[C@H](CCC(N)=O)NC(=O)CNC(=O)[C@@H]1CCCN1)C(=O)NCC(=O)N1CCC[C@H]1C(=O)N[C@@H](CCCCN)C(=O)O. The van der Waals surface area contributed by atoms with E-state index in [0.29, 0.717) is 55.2 Å². The molecule has 7 atom stereocenters. The van der Waals surface area contributed by atoms with E-state index in [9.17, 15) is 67.7 Å². The smallest absolute Gasteiger partial charge is 0.326 e. The maximum absolute atomic E-state index is 13.9. The Morgan fingerprint density at radius 1 is 0.722 bits per heavy atom. The van der Waals surface area contributed by atoms with Crippen LogP contribution in [0, 0.1) is 0 Å². The number of para-hydroxylation sites is 1. The average molecular weight is 1010 g/mol. The minimum atomic E-state index is -1.86. The van der Waals surface area contributed by atoms with Crippen molar-refractivity contribution in [2.24, 2.45) is 11.5 Å². The number of nitrogens with two attached hydrogens (primary N) is 2. The van der Waals surface area contributed by atoms with Crippen LogP contribution in [0.2, 0.25) is 0 Å². The van der Waals surface area contributed by atoms with Gasteiger partial charge in [-0.15, -0.1) is 0 Å². The van der Waals surface area contributed by atoms with Crippen molar-refractivity contribution in [3.05, 3.63) is 36.0 Å². The first-order valence-corrected chi connectivity index (χ1v) is 23.6. The van der Waals surface area contributed by atoms with E-state index in [1.165, 1.54) is 11.8 Å². The van der Waals surface area contributed by atoms with Gasteiger partial charge in [-0.2, -0.15) is 0 Å². The minimum Gasteiger partial charge on any atom is -0.481 e. The third-order valence-corrected chi connectivity index (χ3v) is 11.9. The van der Waals surface area contributed by atoms with E-state index in [1.54, 1.807) is 30.5 Å². The fourth-order valence-corrected chi connectivity index (χ4v) is 8.08. The van der Waals surface area contributed by atoms with Crippen molar-refractivity contribution in [1.29, 1.82) is 0 Å². The molecule has 2 fully saturated rings. The Kier molecular flexibility index (Phi) is 22.3. The fourth-order valence-electron chi connectivity index (χ4n) is 8.08. The molecule has 394 valence electrons. The third kappa shape index (κ3) is 17.9. The quantitative estimate of drug-likeness (QED) is 0.0340. The van der Waals surface area contributed by atoms with Gasteiger partial charge < -0.3 is 79.4 Å². The lowest BCUT2D eigenvalue weighted by Crippen LogP contribution is -2.58. The van der Waals surface area contributed by atoms with Gasteiger partial charge in [0.15, 0.2) is 0 Å². The number of amides is 10. The Balaban J connectivity index is 1.38. The molecular formula is C45H65N13O14. The van der Waals surface area contributed by atoms with Gasteiger partial charge in [0, 0.05) is 36.5 Å². The molecule has 27 nitrogen and oxygen atoms in total. The second-order valence-corrected chi connectivity index (χ2v) is 17.4. The zero-order valence-electron chi connectivity index (χ0n) is 39.8. The van der Waals surface area contributed by atoms with Crippen molar-refractivity contribution in [3.63, 3.8) is 0 Å². The number of H-pyrrole nitrogens is 1. The molecule has 0 unspecified atom stereocenters. The summed E-state index contributed by atoms with van der Waals surface area (Å²) >= 11 is 0. The van der Waals surface area contributed by atoms with Gasteiger partial charge in [0.1, 0.15) is 36.3 Å². The number of rotatable bonds is 29. The second-order valence-electron chi connectivity index (χ2n) is 17.4. The van der Waals surface area contributed by atoms with E-state index >= 15 is 0 Å². The summed E-state index contributed by atoms with van der Waals surface area (Å²) in [5.41, 5.74) is 12.0. The van der Waals surface area contributed by atoms with E-state index < -0.39 is 146 Å². The number of aliphatic carboxylic acids is 2. The first kappa shape index (κ1) is 56.9. The Hall–Kier alpha value is -7.68. The number of carboxylic acids is 2. The maximum atomic E-state index is 13.9. The molecule has 0 radical (unpaired) electrons. The van der Waals surface area contributed by atoms with E-state index in [4.69, 9.17) is 11.5 Å². The number of carbonyl (C=O) groups excluding carboxylic acids is 10. The summed E-state index contributed by atoms with van der Waals surface area (Å²) in [6.07, 6.45) is 2.79. The van der Waals surface area contributed by atoms with Crippen LogP contribution >= 0.6 is 0 Å². The number of fused-ring (bicyclic) bond motifs is 1. The largest absolute Gasteiger partial charge is 0.481 e. The van der Waals surface area contributed by atoms with Gasteiger partial charge in [-0.1, -0.05) is 18.2 Å². The minimum absolute atomic E-state index is 0.151. The molecule has 16 N–H and O–H groups in total. The van der Waals surface area contributed by atoms with Gasteiger partial charge in [-0.3, -0.25) is 52.7 Å². The summed E-state index contributed by atoms with van der Waals surface area (Å²) in [5, 5.41) is 42.1. The molecule has 0 bridgehead atoms. The number of hydrogen-bond acceptors (Lipinski definition) is 14. The van der Waals surface area contributed by atoms with E-state index in [-0.39, 0.29) is 32.2 Å². The predicted octanol–water partition coefficient (Wildman–Crippen LogP) is -4.80. The molecule has 72 heavy (non-hydrogen) atoms. The predicted molar refractivity (Wildman–Crippen MR) is 253 cm³/mol. The summed E-state index contributed by atoms with van der Waals surface area (Å²) in [6.45, 7) is 0.615. The van der Waals surface area contributed by atoms with E-state index in [2.05, 4.69) is 52.8 Å². The molecule has 4 rings (SSSR count). The Morgan fingerprint density at radius 3 is 2.08 bits per heavy atom. The molecular weight excluding hydrogens is 947 g/mol. The average Bonchev–Trinajstić information content (AvgIpc) is 4.15. The van der Waals surface area contributed by atoms with Gasteiger partial charge in [0.25, 0.3) is 0 Å². The van der Waals surface area contributed by atoms with Gasteiger partial charge in [-0.05, 0) is 83.0 Å². The highest BCUT2D eigenvalue weighted by atomic mass is 16.4. The van der Waals surface area contributed by atoms with E-state index in [0.717, 1.165) is 6.42 Å². The topological polar surface area (TPSA) is 425 Å². The summed E-state index contributed by atoms with van der Waals surface area (Å²) in [4.78, 5) is 158. The van der Waals surface area contributed by atoms with Crippen molar-refractivity contribution in [1.82, 2.24) is 57.7 Å². The van der Waals surface area contributed by atoms with Crippen LogP contribution in [0.3, 0.4) is 0 Å². The molecule has 2 aliphatic heterocycles. The number of nitrogens with zero attached hydrogens (tertiary/aromatic N) is 1. The number of likely N-dealkylation sites (tertiary alicyclic amines) is 1. The number of hydrogen-bond donors (Lipinski definition) is 14. The van der Waals surface area contributed by atoms with Gasteiger partial charge in [-0.25, -0.2) is 4.79 Å². The summed E-state index contributed by atoms with van der Waals surface area (Å²) in [5.74, 6) is -11.0. The van der Waals surface area contributed by atoms with Crippen LogP contribution in [0.25, 0.3) is 10.9 Å². The van der Waals surface area contributed by atoms with Crippen LogP contribution in [0.15, 0.2) is 30.5 Å². The van der Waals surface area contributed by atoms with Crippen LogP contribution in [-0.4, -0.2) is 173 Å². The van der Waals surface area contributed by atoms with Crippen molar-refractivity contribution in [2.45, 2.75) is 120 Å². The molecule has 1 aromatic heterocycles. The molecule has 2 saturated heterocycles. The first-order valence-electron chi connectivity index (χ1n) is 23.6. The van der Waals surface area contributed by atoms with Gasteiger partial charge in [0.2, 0.25) is 59.1 Å². The third-order valence-electron chi connectivity index (χ3n) is 11.9. The monoisotopic (exact) mass is 1010 g/mol. The lowest BCUT2D eigenvalue weighted by Gasteiger charge is -2.26. The normalized spacial score (nSPS) is 17.2. The summed E-state index contributed by atoms with van der Waals surface area (Å²) < 4.78 is 0. The zero-order valence-corrected chi connectivity index (χ0v) is 39.8. The number of aromatic nitrogens is 1. The number of carboxylic acid groups (broad SMARTS) is 2. The Bertz CT molecular complexity index is 2320. The highest BCUT2D eigenvalue weighted by Crippen LogP contribution is 2.20. The molecule has 27 heteroatoms. The van der Waals surface area contributed by atoms with E-state index in [1.807, 2.05) is 0 Å². The molecule has 10 amide bonds. The molecule has 0 aliphatic carbocycles. The molecule has 0 saturated carbocycles. The number of primary amides is 1. The summed E-state index contributed by atoms with van der Waals surface area (Å²) in [7, 11) is 0. The number of nitrogens with one attached hydrogen (secondary N) is 10. The molecule has 2 aliphatic rings. The standard InChI is InChI=1S/C45H65N13O14/c1-24(39(65)52-23-37(62)58-17-7-12-33(58)44(70)55-30(45(71)72)10-4-5-15-46)53-35(60)21-51-41(67)31(18-25-20-49-27-9-3-2-8-26(25)27)56-43(69)32(19-38(63)64)57-42(68)29(13-14-34(47)59)54-36(61)22-50-40(66)28-11-6-16-48-28/h2-3,8-9,20,24,28-33,48-49H,4-7,10-19,21-23,46H2,1H3,(H2,47,59)(H,50,66)(H,51,67)(H,52,65)(H,53,60)(H,54,61)(H,55,70)(H,56,69)(H,57,68)(H,63,64)(H,71,72)/t24-,28-,29-,30-,31-,32-,33-/m0/s1. The molecule has 2 aromatic rings. The summed E-state index contributed by atoms with van der Waals surface area (Å²) in [6, 6.07) is -1.83.